The lowest BCUT2D eigenvalue weighted by Crippen LogP contribution is -2.34. The first-order valence-electron chi connectivity index (χ1n) is 8.53. The predicted molar refractivity (Wildman–Crippen MR) is 91.1 cm³/mol. The number of rotatable bonds is 5. The van der Waals surface area contributed by atoms with Gasteiger partial charge in [0, 0.05) is 13.1 Å². The van der Waals surface area contributed by atoms with Crippen LogP contribution in [0.2, 0.25) is 0 Å². The summed E-state index contributed by atoms with van der Waals surface area (Å²) in [5.74, 6) is 0.604. The van der Waals surface area contributed by atoms with Crippen molar-refractivity contribution in [2.24, 2.45) is 0 Å². The van der Waals surface area contributed by atoms with E-state index >= 15 is 0 Å². The van der Waals surface area contributed by atoms with E-state index in [0.29, 0.717) is 19.3 Å². The van der Waals surface area contributed by atoms with Crippen LogP contribution >= 0.6 is 0 Å². The minimum Gasteiger partial charge on any atom is -0.361 e. The standard InChI is InChI=1S/C20H22F3NO/c21-20(22,23)19-8-6-16(7-9-19)14-25-15-24-12-10-18(11-13-24)17-4-2-1-3-5-17/h1-9,18H,10-15H2. The Hall–Kier alpha value is -1.85. The molecule has 0 aliphatic carbocycles. The minimum absolute atomic E-state index is 0.330. The van der Waals surface area contributed by atoms with Gasteiger partial charge in [0.05, 0.1) is 18.9 Å². The molecule has 2 nitrogen and oxygen atoms in total. The quantitative estimate of drug-likeness (QED) is 0.748. The molecular formula is C20H22F3NO. The molecule has 1 aliphatic heterocycles. The summed E-state index contributed by atoms with van der Waals surface area (Å²) in [4.78, 5) is 2.25. The zero-order valence-electron chi connectivity index (χ0n) is 14.0. The van der Waals surface area contributed by atoms with Crippen LogP contribution in [0.3, 0.4) is 0 Å². The Morgan fingerprint density at radius 1 is 0.920 bits per heavy atom. The molecule has 0 radical (unpaired) electrons. The van der Waals surface area contributed by atoms with Gasteiger partial charge in [0.15, 0.2) is 0 Å². The van der Waals surface area contributed by atoms with Crippen LogP contribution in [0.25, 0.3) is 0 Å². The van der Waals surface area contributed by atoms with E-state index < -0.39 is 11.7 Å². The van der Waals surface area contributed by atoms with Gasteiger partial charge < -0.3 is 4.74 Å². The number of hydrogen-bond donors (Lipinski definition) is 0. The van der Waals surface area contributed by atoms with Crippen LogP contribution in [0.5, 0.6) is 0 Å². The van der Waals surface area contributed by atoms with Gasteiger partial charge in [0.1, 0.15) is 0 Å². The average Bonchev–Trinajstić information content (AvgIpc) is 2.63. The van der Waals surface area contributed by atoms with E-state index in [9.17, 15) is 13.2 Å². The van der Waals surface area contributed by atoms with E-state index in [2.05, 4.69) is 29.2 Å². The Morgan fingerprint density at radius 2 is 1.56 bits per heavy atom. The van der Waals surface area contributed by atoms with Crippen molar-refractivity contribution in [1.29, 1.82) is 0 Å². The molecule has 0 aromatic heterocycles. The van der Waals surface area contributed by atoms with Crippen LogP contribution in [0.4, 0.5) is 13.2 Å². The molecule has 134 valence electrons. The monoisotopic (exact) mass is 349 g/mol. The van der Waals surface area contributed by atoms with Gasteiger partial charge in [-0.3, -0.25) is 4.90 Å². The summed E-state index contributed by atoms with van der Waals surface area (Å²) in [6.45, 7) is 2.80. The molecule has 0 unspecified atom stereocenters. The summed E-state index contributed by atoms with van der Waals surface area (Å²) in [7, 11) is 0. The zero-order chi connectivity index (χ0) is 17.7. The van der Waals surface area contributed by atoms with Gasteiger partial charge in [0.2, 0.25) is 0 Å². The van der Waals surface area contributed by atoms with Crippen LogP contribution in [-0.2, 0) is 17.5 Å². The summed E-state index contributed by atoms with van der Waals surface area (Å²) in [6.07, 6.45) is -2.08. The molecule has 1 aliphatic rings. The number of ether oxygens (including phenoxy) is 1. The molecule has 0 N–H and O–H groups in total. The highest BCUT2D eigenvalue weighted by molar-refractivity contribution is 5.24. The van der Waals surface area contributed by atoms with E-state index in [1.54, 1.807) is 0 Å². The van der Waals surface area contributed by atoms with E-state index in [0.717, 1.165) is 43.6 Å². The molecule has 0 spiro atoms. The molecule has 1 fully saturated rings. The fourth-order valence-corrected chi connectivity index (χ4v) is 3.20. The van der Waals surface area contributed by atoms with Crippen LogP contribution in [-0.4, -0.2) is 24.7 Å². The van der Waals surface area contributed by atoms with Crippen molar-refractivity contribution in [2.45, 2.75) is 31.5 Å². The molecule has 0 amide bonds. The molecule has 1 heterocycles. The lowest BCUT2D eigenvalue weighted by molar-refractivity contribution is -0.137. The molecule has 0 atom stereocenters. The zero-order valence-corrected chi connectivity index (χ0v) is 14.0. The van der Waals surface area contributed by atoms with E-state index in [4.69, 9.17) is 4.74 Å². The van der Waals surface area contributed by atoms with Gasteiger partial charge in [-0.2, -0.15) is 13.2 Å². The van der Waals surface area contributed by atoms with Crippen LogP contribution in [0, 0.1) is 0 Å². The highest BCUT2D eigenvalue weighted by Gasteiger charge is 2.29. The topological polar surface area (TPSA) is 12.5 Å². The lowest BCUT2D eigenvalue weighted by atomic mass is 9.90. The average molecular weight is 349 g/mol. The smallest absolute Gasteiger partial charge is 0.361 e. The maximum atomic E-state index is 12.5. The first kappa shape index (κ1) is 18.0. The van der Waals surface area contributed by atoms with Gasteiger partial charge in [-0.05, 0) is 42.0 Å². The SMILES string of the molecule is FC(F)(F)c1ccc(COCN2CCC(c3ccccc3)CC2)cc1. The molecule has 3 rings (SSSR count). The Morgan fingerprint density at radius 3 is 2.16 bits per heavy atom. The lowest BCUT2D eigenvalue weighted by Gasteiger charge is -2.31. The van der Waals surface area contributed by atoms with Gasteiger partial charge in [-0.1, -0.05) is 42.5 Å². The Bertz CT molecular complexity index is 647. The number of halogens is 3. The fourth-order valence-electron chi connectivity index (χ4n) is 3.20. The maximum Gasteiger partial charge on any atom is 0.416 e. The van der Waals surface area contributed by atoms with Crippen LogP contribution < -0.4 is 0 Å². The number of benzene rings is 2. The summed E-state index contributed by atoms with van der Waals surface area (Å²) in [5, 5.41) is 0. The Kier molecular flexibility index (Phi) is 5.76. The molecule has 5 heteroatoms. The fraction of sp³-hybridized carbons (Fsp3) is 0.400. The van der Waals surface area contributed by atoms with Crippen molar-refractivity contribution in [2.75, 3.05) is 19.8 Å². The maximum absolute atomic E-state index is 12.5. The van der Waals surface area contributed by atoms with Crippen LogP contribution in [0.1, 0.15) is 35.4 Å². The van der Waals surface area contributed by atoms with Crippen molar-refractivity contribution in [3.63, 3.8) is 0 Å². The second kappa shape index (κ2) is 8.02. The summed E-state index contributed by atoms with van der Waals surface area (Å²) < 4.78 is 43.3. The van der Waals surface area contributed by atoms with Crippen LogP contribution in [0.15, 0.2) is 54.6 Å². The van der Waals surface area contributed by atoms with E-state index in [1.165, 1.54) is 17.7 Å². The Balaban J connectivity index is 1.40. The van der Waals surface area contributed by atoms with Crippen molar-refractivity contribution >= 4 is 0 Å². The van der Waals surface area contributed by atoms with E-state index in [1.807, 2.05) is 6.07 Å². The third-order valence-corrected chi connectivity index (χ3v) is 4.68. The largest absolute Gasteiger partial charge is 0.416 e. The van der Waals surface area contributed by atoms with Gasteiger partial charge in [0.25, 0.3) is 0 Å². The van der Waals surface area contributed by atoms with Gasteiger partial charge in [-0.25, -0.2) is 0 Å². The molecule has 0 bridgehead atoms. The van der Waals surface area contributed by atoms with Crippen molar-refractivity contribution in [3.8, 4) is 0 Å². The molecule has 25 heavy (non-hydrogen) atoms. The van der Waals surface area contributed by atoms with E-state index in [-0.39, 0.29) is 0 Å². The predicted octanol–water partition coefficient (Wildman–Crippen LogP) is 5.06. The summed E-state index contributed by atoms with van der Waals surface area (Å²) >= 11 is 0. The third-order valence-electron chi connectivity index (χ3n) is 4.68. The number of nitrogens with zero attached hydrogens (tertiary/aromatic N) is 1. The van der Waals surface area contributed by atoms with Crippen molar-refractivity contribution < 1.29 is 17.9 Å². The number of piperidine rings is 1. The Labute approximate surface area is 146 Å². The minimum atomic E-state index is -4.29. The first-order chi connectivity index (χ1) is 12.0. The van der Waals surface area contributed by atoms with Gasteiger partial charge in [-0.15, -0.1) is 0 Å². The highest BCUT2D eigenvalue weighted by Crippen LogP contribution is 2.29. The first-order valence-corrected chi connectivity index (χ1v) is 8.53. The third kappa shape index (κ3) is 5.06. The highest BCUT2D eigenvalue weighted by atomic mass is 19.4. The number of likely N-dealkylation sites (tertiary alicyclic amines) is 1. The summed E-state index contributed by atoms with van der Waals surface area (Å²) in [5.41, 5.74) is 1.53. The van der Waals surface area contributed by atoms with Gasteiger partial charge >= 0.3 is 6.18 Å². The van der Waals surface area contributed by atoms with Crippen molar-refractivity contribution in [3.05, 3.63) is 71.3 Å². The molecule has 0 saturated carbocycles. The molecule has 1 saturated heterocycles. The second-order valence-corrected chi connectivity index (χ2v) is 6.48. The second-order valence-electron chi connectivity index (χ2n) is 6.48. The molecule has 2 aromatic carbocycles. The number of alkyl halides is 3. The summed E-state index contributed by atoms with van der Waals surface area (Å²) in [6, 6.07) is 15.7. The normalized spacial score (nSPS) is 16.9. The molecule has 2 aromatic rings. The van der Waals surface area contributed by atoms with Crippen molar-refractivity contribution in [1.82, 2.24) is 4.90 Å². The molecular weight excluding hydrogens is 327 g/mol. The number of hydrogen-bond acceptors (Lipinski definition) is 2.